The molecule has 1 aliphatic carbocycles. The molecule has 0 radical (unpaired) electrons. The highest BCUT2D eigenvalue weighted by molar-refractivity contribution is 5.90. The summed E-state index contributed by atoms with van der Waals surface area (Å²) in [6.07, 6.45) is -5.01. The van der Waals surface area contributed by atoms with E-state index in [2.05, 4.69) is 16.0 Å². The number of carbonyl (C=O) groups excluding carboxylic acids is 1. The molecule has 1 atom stereocenters. The Labute approximate surface area is 127 Å². The summed E-state index contributed by atoms with van der Waals surface area (Å²) in [6.45, 7) is 0. The van der Waals surface area contributed by atoms with Crippen LogP contribution in [0.5, 0.6) is 0 Å². The van der Waals surface area contributed by atoms with E-state index in [-0.39, 0.29) is 11.6 Å². The van der Waals surface area contributed by atoms with Crippen LogP contribution in [0, 0.1) is 27.9 Å². The summed E-state index contributed by atoms with van der Waals surface area (Å²) in [5.41, 5.74) is -4.56. The molecule has 6 nitrogen and oxygen atoms in total. The number of nitro benzene ring substituents is 1. The normalized spacial score (nSPS) is 23.0. The first-order valence-corrected chi connectivity index (χ1v) is 6.61. The van der Waals surface area contributed by atoms with Crippen molar-refractivity contribution in [1.29, 1.82) is 0 Å². The van der Waals surface area contributed by atoms with Crippen LogP contribution in [0.2, 0.25) is 0 Å². The standard InChI is InChI=1S/C14H9F3N2O4/c15-14(16,17)13(6-5-8-1-2-8)10-7-9(19(21)22)3-4-11(10)18-12(20)23-13/h3-4,7-8H,1-2H2,(H,18,20). The van der Waals surface area contributed by atoms with Crippen LogP contribution in [0.1, 0.15) is 18.4 Å². The minimum absolute atomic E-state index is 0.176. The average Bonchev–Trinajstić information content (AvgIpc) is 3.26. The second-order valence-electron chi connectivity index (χ2n) is 5.22. The van der Waals surface area contributed by atoms with E-state index in [0.717, 1.165) is 18.2 Å². The van der Waals surface area contributed by atoms with Gasteiger partial charge < -0.3 is 4.74 Å². The number of nitro groups is 1. The Bertz CT molecular complexity index is 762. The minimum Gasteiger partial charge on any atom is -0.415 e. The van der Waals surface area contributed by atoms with Gasteiger partial charge in [0.15, 0.2) is 0 Å². The molecular formula is C14H9F3N2O4. The fourth-order valence-electron chi connectivity index (χ4n) is 2.18. The SMILES string of the molecule is O=C1Nc2ccc([N+](=O)[O-])cc2C(C#CC2CC2)(C(F)(F)F)O1. The Morgan fingerprint density at radius 1 is 1.39 bits per heavy atom. The van der Waals surface area contributed by atoms with Crippen molar-refractivity contribution in [3.63, 3.8) is 0 Å². The highest BCUT2D eigenvalue weighted by Gasteiger charge is 2.62. The number of anilines is 1. The number of cyclic esters (lactones) is 1. The van der Waals surface area contributed by atoms with Gasteiger partial charge in [-0.2, -0.15) is 13.2 Å². The van der Waals surface area contributed by atoms with Crippen molar-refractivity contribution in [2.75, 3.05) is 5.32 Å². The Balaban J connectivity index is 2.23. The number of hydrogen-bond donors (Lipinski definition) is 1. The number of nitrogens with zero attached hydrogens (tertiary/aromatic N) is 1. The summed E-state index contributed by atoms with van der Waals surface area (Å²) in [4.78, 5) is 21.6. The van der Waals surface area contributed by atoms with Gasteiger partial charge in [0, 0.05) is 23.6 Å². The molecule has 0 spiro atoms. The Hall–Kier alpha value is -2.76. The molecule has 1 aromatic rings. The highest BCUT2D eigenvalue weighted by Crippen LogP contribution is 2.48. The van der Waals surface area contributed by atoms with Crippen molar-refractivity contribution in [1.82, 2.24) is 0 Å². The summed E-state index contributed by atoms with van der Waals surface area (Å²) in [7, 11) is 0. The number of rotatable bonds is 1. The van der Waals surface area contributed by atoms with Crippen LogP contribution >= 0.6 is 0 Å². The third-order valence-electron chi connectivity index (χ3n) is 3.50. The second kappa shape index (κ2) is 4.87. The van der Waals surface area contributed by atoms with Gasteiger partial charge in [0.1, 0.15) is 0 Å². The molecule has 0 saturated heterocycles. The van der Waals surface area contributed by atoms with E-state index in [1.165, 1.54) is 0 Å². The van der Waals surface area contributed by atoms with E-state index in [9.17, 15) is 28.1 Å². The summed E-state index contributed by atoms with van der Waals surface area (Å²) < 4.78 is 45.5. The maximum atomic E-state index is 13.7. The molecule has 3 rings (SSSR count). The Morgan fingerprint density at radius 3 is 2.65 bits per heavy atom. The quantitative estimate of drug-likeness (QED) is 0.487. The van der Waals surface area contributed by atoms with E-state index >= 15 is 0 Å². The molecule has 1 aliphatic heterocycles. The molecule has 2 aliphatic rings. The molecule has 1 aromatic carbocycles. The predicted molar refractivity (Wildman–Crippen MR) is 71.4 cm³/mol. The molecule has 1 fully saturated rings. The number of benzene rings is 1. The smallest absolute Gasteiger partial charge is 0.415 e. The topological polar surface area (TPSA) is 81.5 Å². The number of nitrogens with one attached hydrogen (secondary N) is 1. The molecule has 0 bridgehead atoms. The number of non-ortho nitro benzene ring substituents is 1. The van der Waals surface area contributed by atoms with Gasteiger partial charge in [0.25, 0.3) is 11.3 Å². The third kappa shape index (κ3) is 2.56. The van der Waals surface area contributed by atoms with Crippen LogP contribution in [0.15, 0.2) is 18.2 Å². The van der Waals surface area contributed by atoms with Crippen LogP contribution in [-0.4, -0.2) is 17.2 Å². The average molecular weight is 326 g/mol. The van der Waals surface area contributed by atoms with E-state index in [0.29, 0.717) is 12.8 Å². The lowest BCUT2D eigenvalue weighted by Gasteiger charge is -2.35. The molecular weight excluding hydrogens is 317 g/mol. The molecule has 120 valence electrons. The molecule has 1 N–H and O–H groups in total. The van der Waals surface area contributed by atoms with Crippen LogP contribution in [0.3, 0.4) is 0 Å². The maximum Gasteiger partial charge on any atom is 0.445 e. The van der Waals surface area contributed by atoms with Gasteiger partial charge in [-0.3, -0.25) is 15.4 Å². The summed E-state index contributed by atoms with van der Waals surface area (Å²) >= 11 is 0. The zero-order valence-electron chi connectivity index (χ0n) is 11.4. The number of ether oxygens (including phenoxy) is 1. The highest BCUT2D eigenvalue weighted by atomic mass is 19.4. The monoisotopic (exact) mass is 326 g/mol. The van der Waals surface area contributed by atoms with Crippen molar-refractivity contribution in [2.45, 2.75) is 24.6 Å². The lowest BCUT2D eigenvalue weighted by Crippen LogP contribution is -2.49. The molecule has 9 heteroatoms. The van der Waals surface area contributed by atoms with Crippen LogP contribution in [0.4, 0.5) is 29.3 Å². The van der Waals surface area contributed by atoms with Crippen molar-refractivity contribution >= 4 is 17.5 Å². The lowest BCUT2D eigenvalue weighted by atomic mass is 9.89. The lowest BCUT2D eigenvalue weighted by molar-refractivity contribution is -0.385. The molecule has 23 heavy (non-hydrogen) atoms. The first kappa shape index (κ1) is 15.1. The first-order chi connectivity index (χ1) is 10.7. The Morgan fingerprint density at radius 2 is 2.09 bits per heavy atom. The third-order valence-corrected chi connectivity index (χ3v) is 3.50. The number of fused-ring (bicyclic) bond motifs is 1. The van der Waals surface area contributed by atoms with E-state index < -0.39 is 34.0 Å². The van der Waals surface area contributed by atoms with Gasteiger partial charge in [-0.1, -0.05) is 5.92 Å². The van der Waals surface area contributed by atoms with Gasteiger partial charge in [0.2, 0.25) is 0 Å². The van der Waals surface area contributed by atoms with Crippen molar-refractivity contribution in [3.05, 3.63) is 33.9 Å². The van der Waals surface area contributed by atoms with Crippen molar-refractivity contribution < 1.29 is 27.6 Å². The number of hydrogen-bond acceptors (Lipinski definition) is 4. The zero-order valence-corrected chi connectivity index (χ0v) is 11.4. The predicted octanol–water partition coefficient (Wildman–Crippen LogP) is 3.33. The molecule has 1 unspecified atom stereocenters. The molecule has 1 heterocycles. The minimum atomic E-state index is -5.05. The largest absolute Gasteiger partial charge is 0.445 e. The van der Waals surface area contributed by atoms with Gasteiger partial charge in [0.05, 0.1) is 10.6 Å². The molecule has 1 saturated carbocycles. The van der Waals surface area contributed by atoms with Crippen LogP contribution < -0.4 is 5.32 Å². The van der Waals surface area contributed by atoms with Gasteiger partial charge in [-0.05, 0) is 24.8 Å². The fourth-order valence-corrected chi connectivity index (χ4v) is 2.18. The van der Waals surface area contributed by atoms with Gasteiger partial charge in [-0.15, -0.1) is 0 Å². The van der Waals surface area contributed by atoms with E-state index in [4.69, 9.17) is 0 Å². The molecule has 1 amide bonds. The molecule has 0 aromatic heterocycles. The number of carbonyl (C=O) groups is 1. The zero-order chi connectivity index (χ0) is 16.8. The van der Waals surface area contributed by atoms with Crippen molar-refractivity contribution in [2.24, 2.45) is 5.92 Å². The summed E-state index contributed by atoms with van der Waals surface area (Å²) in [5, 5.41) is 13.0. The van der Waals surface area contributed by atoms with Gasteiger partial charge >= 0.3 is 12.3 Å². The van der Waals surface area contributed by atoms with Crippen LogP contribution in [-0.2, 0) is 10.3 Å². The Kier molecular flexibility index (Phi) is 3.21. The number of alkyl halides is 3. The van der Waals surface area contributed by atoms with E-state index in [1.807, 2.05) is 5.92 Å². The fraction of sp³-hybridized carbons (Fsp3) is 0.357. The van der Waals surface area contributed by atoms with E-state index in [1.54, 1.807) is 0 Å². The van der Waals surface area contributed by atoms with Crippen LogP contribution in [0.25, 0.3) is 0 Å². The summed E-state index contributed by atoms with van der Waals surface area (Å²) in [5.74, 6) is 4.27. The second-order valence-corrected chi connectivity index (χ2v) is 5.22. The maximum absolute atomic E-state index is 13.7. The van der Waals surface area contributed by atoms with Gasteiger partial charge in [-0.25, -0.2) is 4.79 Å². The number of halogens is 3. The first-order valence-electron chi connectivity index (χ1n) is 6.61. The number of amides is 1. The van der Waals surface area contributed by atoms with Crippen molar-refractivity contribution in [3.8, 4) is 11.8 Å². The summed E-state index contributed by atoms with van der Waals surface area (Å²) in [6, 6.07) is 2.76.